The molecule has 0 spiro atoms. The van der Waals surface area contributed by atoms with Crippen molar-refractivity contribution in [1.82, 2.24) is 25.6 Å². The monoisotopic (exact) mass is 516 g/mol. The molecule has 212 valence electrons. The minimum atomic E-state index is 0.126. The predicted octanol–water partition coefficient (Wildman–Crippen LogP) is 5.44. The summed E-state index contributed by atoms with van der Waals surface area (Å²) >= 11 is 0. The quantitative estimate of drug-likeness (QED) is 0.309. The number of piperidine rings is 2. The molecule has 3 rings (SSSR count). The van der Waals surface area contributed by atoms with Crippen LogP contribution in [-0.4, -0.2) is 63.3 Å². The largest absolute Gasteiger partial charge is 0.354 e. The fourth-order valence-electron chi connectivity index (χ4n) is 7.34. The predicted molar refractivity (Wildman–Crippen MR) is 158 cm³/mol. The van der Waals surface area contributed by atoms with Gasteiger partial charge in [0.05, 0.1) is 0 Å². The van der Waals surface area contributed by atoms with Gasteiger partial charge in [0, 0.05) is 48.3 Å². The van der Waals surface area contributed by atoms with Crippen molar-refractivity contribution < 1.29 is 0 Å². The molecule has 0 amide bonds. The van der Waals surface area contributed by atoms with Crippen LogP contribution in [0.25, 0.3) is 0 Å². The Hall–Kier alpha value is -1.67. The van der Waals surface area contributed by atoms with Crippen LogP contribution in [0.2, 0.25) is 0 Å². The van der Waals surface area contributed by atoms with Gasteiger partial charge in [-0.1, -0.05) is 13.8 Å². The van der Waals surface area contributed by atoms with E-state index in [2.05, 4.69) is 95.4 Å². The highest BCUT2D eigenvalue weighted by molar-refractivity contribution is 5.44. The van der Waals surface area contributed by atoms with E-state index in [1.165, 1.54) is 0 Å². The van der Waals surface area contributed by atoms with Gasteiger partial charge < -0.3 is 26.2 Å². The van der Waals surface area contributed by atoms with Crippen LogP contribution in [0.5, 0.6) is 0 Å². The average Bonchev–Trinajstić information content (AvgIpc) is 2.72. The fraction of sp³-hybridized carbons (Fsp3) is 0.897. The molecule has 2 aliphatic heterocycles. The van der Waals surface area contributed by atoms with Crippen LogP contribution in [0, 0.1) is 11.8 Å². The number of nitrogens with one attached hydrogen (secondary N) is 4. The number of rotatable bonds is 11. The summed E-state index contributed by atoms with van der Waals surface area (Å²) < 4.78 is 0. The zero-order valence-electron chi connectivity index (χ0n) is 25.5. The SMILES string of the molecule is CCCN(CCC)c1nc(NCC2CC(C)(C)NC(C)(C)C2)nc(NCC2CC(C)(C)NC(C)(C)C2)n1. The Morgan fingerprint density at radius 1 is 0.649 bits per heavy atom. The highest BCUT2D eigenvalue weighted by Gasteiger charge is 2.38. The lowest BCUT2D eigenvalue weighted by Gasteiger charge is -2.46. The summed E-state index contributed by atoms with van der Waals surface area (Å²) in [7, 11) is 0. The highest BCUT2D eigenvalue weighted by atomic mass is 15.3. The molecule has 3 heterocycles. The second kappa shape index (κ2) is 11.6. The first kappa shape index (κ1) is 29.9. The molecule has 0 aromatic carbocycles. The molecule has 2 fully saturated rings. The van der Waals surface area contributed by atoms with Crippen molar-refractivity contribution in [2.75, 3.05) is 41.7 Å². The topological polar surface area (TPSA) is 90.0 Å². The van der Waals surface area contributed by atoms with E-state index in [-0.39, 0.29) is 22.2 Å². The molecular weight excluding hydrogens is 460 g/mol. The first-order valence-corrected chi connectivity index (χ1v) is 14.7. The van der Waals surface area contributed by atoms with Gasteiger partial charge in [0.25, 0.3) is 0 Å². The summed E-state index contributed by atoms with van der Waals surface area (Å²) in [6, 6.07) is 0. The smallest absolute Gasteiger partial charge is 0.231 e. The molecule has 8 nitrogen and oxygen atoms in total. The van der Waals surface area contributed by atoms with E-state index in [4.69, 9.17) is 15.0 Å². The molecule has 0 aliphatic carbocycles. The molecule has 37 heavy (non-hydrogen) atoms. The second-order valence-corrected chi connectivity index (χ2v) is 14.4. The minimum absolute atomic E-state index is 0.126. The van der Waals surface area contributed by atoms with Crippen molar-refractivity contribution in [2.45, 2.75) is 130 Å². The van der Waals surface area contributed by atoms with Crippen molar-refractivity contribution >= 4 is 17.8 Å². The van der Waals surface area contributed by atoms with Crippen LogP contribution in [0.1, 0.15) is 108 Å². The van der Waals surface area contributed by atoms with Gasteiger partial charge in [-0.05, 0) is 106 Å². The lowest BCUT2D eigenvalue weighted by molar-refractivity contribution is 0.134. The maximum Gasteiger partial charge on any atom is 0.231 e. The van der Waals surface area contributed by atoms with Gasteiger partial charge in [-0.25, -0.2) is 0 Å². The molecule has 0 saturated carbocycles. The first-order valence-electron chi connectivity index (χ1n) is 14.7. The van der Waals surface area contributed by atoms with Gasteiger partial charge in [-0.15, -0.1) is 0 Å². The van der Waals surface area contributed by atoms with Crippen LogP contribution < -0.4 is 26.2 Å². The molecule has 4 N–H and O–H groups in total. The summed E-state index contributed by atoms with van der Waals surface area (Å²) in [5.41, 5.74) is 0.502. The Morgan fingerprint density at radius 2 is 1.00 bits per heavy atom. The van der Waals surface area contributed by atoms with Crippen molar-refractivity contribution in [3.05, 3.63) is 0 Å². The molecule has 1 aromatic heterocycles. The Balaban J connectivity index is 1.77. The zero-order valence-corrected chi connectivity index (χ0v) is 25.5. The number of anilines is 3. The summed E-state index contributed by atoms with van der Waals surface area (Å²) in [5, 5.41) is 14.8. The van der Waals surface area contributed by atoms with E-state index in [0.29, 0.717) is 23.7 Å². The van der Waals surface area contributed by atoms with Gasteiger partial charge in [-0.2, -0.15) is 15.0 Å². The third-order valence-electron chi connectivity index (χ3n) is 7.54. The van der Waals surface area contributed by atoms with E-state index in [1.807, 2.05) is 0 Å². The van der Waals surface area contributed by atoms with E-state index < -0.39 is 0 Å². The van der Waals surface area contributed by atoms with E-state index >= 15 is 0 Å². The number of aromatic nitrogens is 3. The molecular formula is C29H56N8. The van der Waals surface area contributed by atoms with Crippen molar-refractivity contribution in [3.63, 3.8) is 0 Å². The molecule has 2 aliphatic rings. The van der Waals surface area contributed by atoms with Crippen LogP contribution in [0.3, 0.4) is 0 Å². The van der Waals surface area contributed by atoms with E-state index in [1.54, 1.807) is 0 Å². The minimum Gasteiger partial charge on any atom is -0.354 e. The lowest BCUT2D eigenvalue weighted by atomic mass is 9.76. The normalized spacial score (nSPS) is 23.0. The third kappa shape index (κ3) is 9.24. The Labute approximate surface area is 227 Å². The van der Waals surface area contributed by atoms with Crippen LogP contribution >= 0.6 is 0 Å². The maximum absolute atomic E-state index is 4.90. The average molecular weight is 517 g/mol. The first-order chi connectivity index (χ1) is 17.1. The summed E-state index contributed by atoms with van der Waals surface area (Å²) in [6.45, 7) is 26.5. The molecule has 0 bridgehead atoms. The standard InChI is InChI=1S/C29H56N8/c1-11-13-37(14-12-2)25-33-23(30-19-21-15-26(3,4)35-27(5,6)16-21)32-24(34-25)31-20-22-17-28(7,8)36-29(9,10)18-22/h21-22,35-36H,11-20H2,1-10H3,(H2,30,31,32,33,34). The van der Waals surface area contributed by atoms with E-state index in [0.717, 1.165) is 70.7 Å². The zero-order chi connectivity index (χ0) is 27.5. The molecule has 0 atom stereocenters. The van der Waals surface area contributed by atoms with Crippen LogP contribution in [-0.2, 0) is 0 Å². The van der Waals surface area contributed by atoms with Crippen LogP contribution in [0.15, 0.2) is 0 Å². The third-order valence-corrected chi connectivity index (χ3v) is 7.54. The van der Waals surface area contributed by atoms with Crippen molar-refractivity contribution in [3.8, 4) is 0 Å². The summed E-state index contributed by atoms with van der Waals surface area (Å²) in [5.74, 6) is 3.27. The van der Waals surface area contributed by atoms with Crippen molar-refractivity contribution in [1.29, 1.82) is 0 Å². The summed E-state index contributed by atoms with van der Waals surface area (Å²) in [6.07, 6.45) is 6.65. The number of hydrogen-bond acceptors (Lipinski definition) is 8. The second-order valence-electron chi connectivity index (χ2n) is 14.4. The Kier molecular flexibility index (Phi) is 9.37. The molecule has 0 radical (unpaired) electrons. The van der Waals surface area contributed by atoms with Gasteiger partial charge >= 0.3 is 0 Å². The van der Waals surface area contributed by atoms with Crippen molar-refractivity contribution in [2.24, 2.45) is 11.8 Å². The van der Waals surface area contributed by atoms with Gasteiger partial charge in [0.15, 0.2) is 0 Å². The number of nitrogens with zero attached hydrogens (tertiary/aromatic N) is 4. The van der Waals surface area contributed by atoms with E-state index in [9.17, 15) is 0 Å². The fourth-order valence-corrected chi connectivity index (χ4v) is 7.34. The van der Waals surface area contributed by atoms with Gasteiger partial charge in [0.2, 0.25) is 17.8 Å². The van der Waals surface area contributed by atoms with Gasteiger partial charge in [0.1, 0.15) is 0 Å². The number of hydrogen-bond donors (Lipinski definition) is 4. The van der Waals surface area contributed by atoms with Gasteiger partial charge in [-0.3, -0.25) is 0 Å². The highest BCUT2D eigenvalue weighted by Crippen LogP contribution is 2.34. The maximum atomic E-state index is 4.90. The summed E-state index contributed by atoms with van der Waals surface area (Å²) in [4.78, 5) is 16.9. The lowest BCUT2D eigenvalue weighted by Crippen LogP contribution is -2.58. The Bertz CT molecular complexity index is 780. The van der Waals surface area contributed by atoms with Crippen LogP contribution in [0.4, 0.5) is 17.8 Å². The molecule has 0 unspecified atom stereocenters. The Morgan fingerprint density at radius 3 is 1.32 bits per heavy atom. The molecule has 2 saturated heterocycles. The molecule has 8 heteroatoms. The molecule has 1 aromatic rings.